The molecule has 5 aromatic rings. The molecule has 168 valence electrons. The van der Waals surface area contributed by atoms with Gasteiger partial charge in [0.2, 0.25) is 5.88 Å². The fraction of sp³-hybridized carbons (Fsp3) is 0.0741. The van der Waals surface area contributed by atoms with E-state index in [1.165, 1.54) is 6.21 Å². The molecular weight excluding hydrogens is 448 g/mol. The Bertz CT molecular complexity index is 1360. The lowest BCUT2D eigenvalue weighted by atomic mass is 9.77. The van der Waals surface area contributed by atoms with Gasteiger partial charge >= 0.3 is 0 Å². The lowest BCUT2D eigenvalue weighted by Crippen LogP contribution is -2.38. The number of hydrogen-bond donors (Lipinski definition) is 1. The second-order valence-electron chi connectivity index (χ2n) is 7.70. The average molecular weight is 469 g/mol. The molecule has 0 atom stereocenters. The number of halogens is 1. The summed E-state index contributed by atoms with van der Waals surface area (Å²) in [6.07, 6.45) is 1.23. The SMILES string of the molecule is COc1nn(C(c2ccccc2)(c2ccccc2)c2ccccc2)c2cc(Cl)nc(/C=N/O)c12. The van der Waals surface area contributed by atoms with Gasteiger partial charge in [0.25, 0.3) is 0 Å². The summed E-state index contributed by atoms with van der Waals surface area (Å²) in [4.78, 5) is 4.34. The van der Waals surface area contributed by atoms with E-state index in [0.717, 1.165) is 16.7 Å². The van der Waals surface area contributed by atoms with Crippen LogP contribution in [-0.2, 0) is 5.54 Å². The molecule has 0 saturated carbocycles. The van der Waals surface area contributed by atoms with Crippen LogP contribution in [0, 0.1) is 0 Å². The molecule has 0 aliphatic rings. The van der Waals surface area contributed by atoms with E-state index in [9.17, 15) is 5.21 Å². The monoisotopic (exact) mass is 468 g/mol. The Morgan fingerprint density at radius 3 is 1.82 bits per heavy atom. The molecule has 2 heterocycles. The largest absolute Gasteiger partial charge is 0.479 e. The Morgan fingerprint density at radius 2 is 1.38 bits per heavy atom. The van der Waals surface area contributed by atoms with Crippen LogP contribution in [0.15, 0.2) is 102 Å². The number of methoxy groups -OCH3 is 1. The van der Waals surface area contributed by atoms with Gasteiger partial charge in [-0.25, -0.2) is 9.67 Å². The minimum absolute atomic E-state index is 0.245. The van der Waals surface area contributed by atoms with Crippen molar-refractivity contribution in [2.45, 2.75) is 5.54 Å². The topological polar surface area (TPSA) is 72.5 Å². The Morgan fingerprint density at radius 1 is 0.882 bits per heavy atom. The van der Waals surface area contributed by atoms with Crippen LogP contribution in [0.2, 0.25) is 5.15 Å². The van der Waals surface area contributed by atoms with Gasteiger partial charge in [-0.05, 0) is 16.7 Å². The number of pyridine rings is 1. The molecule has 0 saturated heterocycles. The Labute approximate surface area is 201 Å². The Hall–Kier alpha value is -4.16. The Kier molecular flexibility index (Phi) is 5.74. The van der Waals surface area contributed by atoms with Crippen molar-refractivity contribution in [3.8, 4) is 5.88 Å². The molecule has 0 aliphatic carbocycles. The maximum atomic E-state index is 9.25. The number of rotatable bonds is 6. The summed E-state index contributed by atoms with van der Waals surface area (Å²) in [5.74, 6) is 0.348. The zero-order valence-electron chi connectivity index (χ0n) is 18.3. The van der Waals surface area contributed by atoms with Crippen LogP contribution in [0.4, 0.5) is 0 Å². The molecule has 2 aromatic heterocycles. The second kappa shape index (κ2) is 9.00. The number of benzene rings is 3. The molecule has 0 amide bonds. The average Bonchev–Trinajstić information content (AvgIpc) is 3.25. The first kappa shape index (κ1) is 21.7. The quantitative estimate of drug-likeness (QED) is 0.113. The van der Waals surface area contributed by atoms with E-state index in [1.54, 1.807) is 13.2 Å². The molecule has 7 heteroatoms. The summed E-state index contributed by atoms with van der Waals surface area (Å²) >= 11 is 6.44. The fourth-order valence-corrected chi connectivity index (χ4v) is 4.75. The molecule has 0 bridgehead atoms. The smallest absolute Gasteiger partial charge is 0.242 e. The summed E-state index contributed by atoms with van der Waals surface area (Å²) in [5.41, 5.74) is 3.19. The first-order chi connectivity index (χ1) is 16.7. The van der Waals surface area contributed by atoms with Crippen molar-refractivity contribution in [2.24, 2.45) is 5.16 Å². The molecule has 6 nitrogen and oxygen atoms in total. The van der Waals surface area contributed by atoms with Gasteiger partial charge < -0.3 is 9.94 Å². The van der Waals surface area contributed by atoms with Crippen LogP contribution in [-0.4, -0.2) is 33.3 Å². The summed E-state index contributed by atoms with van der Waals surface area (Å²) < 4.78 is 7.60. The third kappa shape index (κ3) is 3.40. The number of nitrogens with zero attached hydrogens (tertiary/aromatic N) is 4. The van der Waals surface area contributed by atoms with Crippen LogP contribution >= 0.6 is 11.6 Å². The molecule has 1 N–H and O–H groups in total. The number of oxime groups is 1. The van der Waals surface area contributed by atoms with Gasteiger partial charge in [-0.3, -0.25) is 0 Å². The van der Waals surface area contributed by atoms with Crippen molar-refractivity contribution in [2.75, 3.05) is 7.11 Å². The van der Waals surface area contributed by atoms with Crippen LogP contribution in [0.1, 0.15) is 22.4 Å². The van der Waals surface area contributed by atoms with E-state index in [2.05, 4.69) is 46.5 Å². The van der Waals surface area contributed by atoms with Crippen molar-refractivity contribution in [1.29, 1.82) is 0 Å². The normalized spacial score (nSPS) is 11.8. The van der Waals surface area contributed by atoms with Gasteiger partial charge in [0.15, 0.2) is 0 Å². The van der Waals surface area contributed by atoms with E-state index < -0.39 is 5.54 Å². The number of ether oxygens (including phenoxy) is 1. The second-order valence-corrected chi connectivity index (χ2v) is 8.09. The third-order valence-corrected chi connectivity index (χ3v) is 6.09. The highest BCUT2D eigenvalue weighted by Crippen LogP contribution is 2.44. The van der Waals surface area contributed by atoms with Crippen molar-refractivity contribution < 1.29 is 9.94 Å². The summed E-state index contributed by atoms with van der Waals surface area (Å²) in [6, 6.07) is 32.3. The van der Waals surface area contributed by atoms with Crippen LogP contribution < -0.4 is 4.74 Å². The standard InChI is InChI=1S/C27H21ClN4O2/c1-34-26-25-22(18-29-33)30-24(28)17-23(25)32(31-26)27(19-11-5-2-6-12-19,20-13-7-3-8-14-20)21-15-9-4-10-16-21/h2-18,33H,1H3/b29-18+. The van der Waals surface area contributed by atoms with E-state index in [-0.39, 0.29) is 5.15 Å². The van der Waals surface area contributed by atoms with E-state index in [4.69, 9.17) is 21.4 Å². The van der Waals surface area contributed by atoms with Gasteiger partial charge in [-0.2, -0.15) is 0 Å². The zero-order chi connectivity index (χ0) is 23.5. The molecule has 34 heavy (non-hydrogen) atoms. The first-order valence-corrected chi connectivity index (χ1v) is 11.1. The van der Waals surface area contributed by atoms with Gasteiger partial charge in [-0.1, -0.05) is 108 Å². The van der Waals surface area contributed by atoms with E-state index in [0.29, 0.717) is 22.5 Å². The highest BCUT2D eigenvalue weighted by atomic mass is 35.5. The van der Waals surface area contributed by atoms with Crippen molar-refractivity contribution in [3.05, 3.63) is 125 Å². The van der Waals surface area contributed by atoms with E-state index >= 15 is 0 Å². The highest BCUT2D eigenvalue weighted by molar-refractivity contribution is 6.30. The first-order valence-electron chi connectivity index (χ1n) is 10.7. The molecule has 0 radical (unpaired) electrons. The summed E-state index contributed by atoms with van der Waals surface area (Å²) in [7, 11) is 1.55. The predicted octanol–water partition coefficient (Wildman–Crippen LogP) is 5.74. The molecule has 3 aromatic carbocycles. The van der Waals surface area contributed by atoms with Crippen molar-refractivity contribution >= 4 is 28.7 Å². The van der Waals surface area contributed by atoms with Gasteiger partial charge in [0.1, 0.15) is 16.4 Å². The van der Waals surface area contributed by atoms with Gasteiger partial charge in [-0.15, -0.1) is 5.10 Å². The maximum Gasteiger partial charge on any atom is 0.242 e. The van der Waals surface area contributed by atoms with Gasteiger partial charge in [0.05, 0.1) is 24.2 Å². The maximum absolute atomic E-state index is 9.25. The lowest BCUT2D eigenvalue weighted by molar-refractivity contribution is 0.321. The van der Waals surface area contributed by atoms with Crippen molar-refractivity contribution in [3.63, 3.8) is 0 Å². The number of hydrogen-bond acceptors (Lipinski definition) is 5. The zero-order valence-corrected chi connectivity index (χ0v) is 19.1. The lowest BCUT2D eigenvalue weighted by Gasteiger charge is -2.36. The molecule has 0 aliphatic heterocycles. The third-order valence-electron chi connectivity index (χ3n) is 5.89. The molecule has 5 rings (SSSR count). The highest BCUT2D eigenvalue weighted by Gasteiger charge is 2.41. The molecular formula is C27H21ClN4O2. The van der Waals surface area contributed by atoms with Gasteiger partial charge in [0, 0.05) is 6.07 Å². The molecule has 0 fully saturated rings. The predicted molar refractivity (Wildman–Crippen MR) is 133 cm³/mol. The fourth-order valence-electron chi connectivity index (χ4n) is 4.55. The number of fused-ring (bicyclic) bond motifs is 1. The molecule has 0 spiro atoms. The summed E-state index contributed by atoms with van der Waals surface area (Å²) in [6.45, 7) is 0. The van der Waals surface area contributed by atoms with Crippen LogP contribution in [0.25, 0.3) is 10.9 Å². The Balaban J connectivity index is 2.01. The molecule has 0 unspecified atom stereocenters. The minimum atomic E-state index is -0.864. The minimum Gasteiger partial charge on any atom is -0.479 e. The van der Waals surface area contributed by atoms with Crippen LogP contribution in [0.5, 0.6) is 5.88 Å². The van der Waals surface area contributed by atoms with Crippen molar-refractivity contribution in [1.82, 2.24) is 14.8 Å². The number of aromatic nitrogens is 3. The summed E-state index contributed by atoms with van der Waals surface area (Å²) in [5, 5.41) is 18.2. The van der Waals surface area contributed by atoms with E-state index in [1.807, 2.05) is 59.3 Å². The van der Waals surface area contributed by atoms with Crippen LogP contribution in [0.3, 0.4) is 0 Å².